The third kappa shape index (κ3) is 6.41. The minimum absolute atomic E-state index is 0.0346. The van der Waals surface area contributed by atoms with E-state index in [1.54, 1.807) is 6.07 Å². The molecule has 0 saturated carbocycles. The third-order valence-electron chi connectivity index (χ3n) is 6.21. The van der Waals surface area contributed by atoms with Crippen LogP contribution >= 0.6 is 0 Å². The van der Waals surface area contributed by atoms with Gasteiger partial charge >= 0.3 is 12.5 Å². The Kier molecular flexibility index (Phi) is 7.69. The van der Waals surface area contributed by atoms with Gasteiger partial charge in [-0.1, -0.05) is 23.4 Å². The van der Waals surface area contributed by atoms with Crippen molar-refractivity contribution in [3.8, 4) is 39.5 Å². The second-order valence-corrected chi connectivity index (χ2v) is 11.3. The molecule has 0 aliphatic heterocycles. The Morgan fingerprint density at radius 1 is 0.841 bits per heavy atom. The Balaban J connectivity index is 1.72. The minimum Gasteiger partial charge on any atom is -0.406 e. The zero-order valence-electron chi connectivity index (χ0n) is 22.0. The summed E-state index contributed by atoms with van der Waals surface area (Å²) in [6.45, 7) is 0. The highest BCUT2D eigenvalue weighted by atomic mass is 32.2. The summed E-state index contributed by atoms with van der Waals surface area (Å²) in [5.74, 6) is -1.76. The molecule has 0 saturated heterocycles. The summed E-state index contributed by atoms with van der Waals surface area (Å²) in [7, 11) is -3.63. The summed E-state index contributed by atoms with van der Waals surface area (Å²) in [6, 6.07) is 14.2. The number of aromatic nitrogens is 5. The van der Waals surface area contributed by atoms with Gasteiger partial charge in [0.25, 0.3) is 6.43 Å². The average Bonchev–Trinajstić information content (AvgIpc) is 3.60. The molecular formula is C27H17F8N5O3S. The van der Waals surface area contributed by atoms with E-state index in [9.17, 15) is 43.5 Å². The number of halogens is 8. The number of hydrogen-bond acceptors (Lipinski definition) is 6. The van der Waals surface area contributed by atoms with E-state index >= 15 is 0 Å². The highest BCUT2D eigenvalue weighted by Gasteiger charge is 2.37. The molecule has 0 aliphatic rings. The normalized spacial score (nSPS) is 12.6. The predicted molar refractivity (Wildman–Crippen MR) is 139 cm³/mol. The number of benzene rings is 3. The van der Waals surface area contributed by atoms with Crippen LogP contribution in [-0.4, -0.2) is 45.6 Å². The number of hydrogen-bond donors (Lipinski definition) is 0. The van der Waals surface area contributed by atoms with Gasteiger partial charge < -0.3 is 4.74 Å². The fourth-order valence-electron chi connectivity index (χ4n) is 4.30. The molecule has 5 aromatic rings. The molecule has 0 spiro atoms. The van der Waals surface area contributed by atoms with Gasteiger partial charge in [0.05, 0.1) is 28.2 Å². The fourth-order valence-corrected chi connectivity index (χ4v) is 4.96. The molecule has 230 valence electrons. The second-order valence-electron chi connectivity index (χ2n) is 9.26. The van der Waals surface area contributed by atoms with Crippen molar-refractivity contribution in [1.29, 1.82) is 0 Å². The lowest BCUT2D eigenvalue weighted by Crippen LogP contribution is -2.16. The van der Waals surface area contributed by atoms with Crippen molar-refractivity contribution in [2.45, 2.75) is 23.9 Å². The number of rotatable bonds is 7. The lowest BCUT2D eigenvalue weighted by molar-refractivity contribution is -0.274. The number of ether oxygens (including phenoxy) is 1. The Morgan fingerprint density at radius 3 is 2.11 bits per heavy atom. The number of nitrogens with zero attached hydrogens (tertiary/aromatic N) is 5. The van der Waals surface area contributed by atoms with Crippen LogP contribution in [0.3, 0.4) is 0 Å². The molecule has 17 heteroatoms. The van der Waals surface area contributed by atoms with Gasteiger partial charge in [-0.15, -0.1) is 18.3 Å². The lowest BCUT2D eigenvalue weighted by atomic mass is 10.0. The van der Waals surface area contributed by atoms with Crippen LogP contribution in [0.4, 0.5) is 35.1 Å². The van der Waals surface area contributed by atoms with E-state index in [-0.39, 0.29) is 27.5 Å². The molecule has 8 nitrogen and oxygen atoms in total. The molecule has 0 atom stereocenters. The SMILES string of the molecule is CS(=O)(=O)c1cccc(-c2ccc(-n3cc(C(F)(F)F)nc3C(F)F)c(-n3nncc3-c3ccc(OC(F)(F)F)cc3)c2)c1. The van der Waals surface area contributed by atoms with Crippen LogP contribution in [0.15, 0.2) is 84.0 Å². The molecule has 0 fully saturated rings. The molecule has 0 N–H and O–H groups in total. The Morgan fingerprint density at radius 2 is 1.50 bits per heavy atom. The van der Waals surface area contributed by atoms with Crippen LogP contribution in [-0.2, 0) is 16.0 Å². The van der Waals surface area contributed by atoms with Crippen LogP contribution in [0.5, 0.6) is 5.75 Å². The molecule has 0 amide bonds. The zero-order valence-corrected chi connectivity index (χ0v) is 22.8. The Bertz CT molecular complexity index is 1930. The molecule has 5 rings (SSSR count). The number of imidazole rings is 1. The van der Waals surface area contributed by atoms with E-state index in [2.05, 4.69) is 20.0 Å². The van der Waals surface area contributed by atoms with E-state index in [0.717, 1.165) is 23.1 Å². The van der Waals surface area contributed by atoms with Gasteiger partial charge in [0, 0.05) is 18.0 Å². The predicted octanol–water partition coefficient (Wildman–Crippen LogP) is 7.05. The highest BCUT2D eigenvalue weighted by molar-refractivity contribution is 7.90. The van der Waals surface area contributed by atoms with Gasteiger partial charge in [-0.3, -0.25) is 4.57 Å². The first kappa shape index (κ1) is 30.7. The number of alkyl halides is 8. The smallest absolute Gasteiger partial charge is 0.406 e. The van der Waals surface area contributed by atoms with Crippen LogP contribution in [0.25, 0.3) is 33.8 Å². The van der Waals surface area contributed by atoms with Gasteiger partial charge in [0.2, 0.25) is 0 Å². The maximum Gasteiger partial charge on any atom is 0.573 e. The van der Waals surface area contributed by atoms with E-state index in [1.165, 1.54) is 54.7 Å². The highest BCUT2D eigenvalue weighted by Crippen LogP contribution is 2.36. The van der Waals surface area contributed by atoms with Crippen LogP contribution in [0.1, 0.15) is 17.9 Å². The van der Waals surface area contributed by atoms with Gasteiger partial charge in [-0.25, -0.2) is 26.9 Å². The largest absolute Gasteiger partial charge is 0.573 e. The lowest BCUT2D eigenvalue weighted by Gasteiger charge is -2.17. The van der Waals surface area contributed by atoms with Crippen molar-refractivity contribution in [2.75, 3.05) is 6.26 Å². The van der Waals surface area contributed by atoms with Crippen LogP contribution < -0.4 is 4.74 Å². The Labute approximate surface area is 243 Å². The van der Waals surface area contributed by atoms with Crippen molar-refractivity contribution in [3.63, 3.8) is 0 Å². The summed E-state index contributed by atoms with van der Waals surface area (Å²) in [5.41, 5.74) is -0.899. The monoisotopic (exact) mass is 643 g/mol. The third-order valence-corrected chi connectivity index (χ3v) is 7.32. The van der Waals surface area contributed by atoms with E-state index in [1.807, 2.05) is 0 Å². The fraction of sp³-hybridized carbons (Fsp3) is 0.148. The van der Waals surface area contributed by atoms with E-state index < -0.39 is 46.1 Å². The quantitative estimate of drug-likeness (QED) is 0.177. The molecule has 0 aliphatic carbocycles. The molecular weight excluding hydrogens is 626 g/mol. The summed E-state index contributed by atoms with van der Waals surface area (Å²) in [6.07, 6.45) is -10.8. The van der Waals surface area contributed by atoms with Crippen LogP contribution in [0, 0.1) is 0 Å². The number of sulfone groups is 1. The molecule has 2 heterocycles. The van der Waals surface area contributed by atoms with E-state index in [4.69, 9.17) is 0 Å². The zero-order chi connectivity index (χ0) is 32.0. The summed E-state index contributed by atoms with van der Waals surface area (Å²) >= 11 is 0. The first-order chi connectivity index (χ1) is 20.5. The maximum atomic E-state index is 14.0. The molecule has 44 heavy (non-hydrogen) atoms. The molecule has 2 aromatic heterocycles. The van der Waals surface area contributed by atoms with Gasteiger partial charge in [-0.05, 0) is 59.7 Å². The summed E-state index contributed by atoms with van der Waals surface area (Å²) in [4.78, 5) is 3.05. The molecule has 3 aromatic carbocycles. The maximum absolute atomic E-state index is 14.0. The average molecular weight is 644 g/mol. The topological polar surface area (TPSA) is 91.9 Å². The van der Waals surface area contributed by atoms with Crippen molar-refractivity contribution < 1.29 is 48.3 Å². The van der Waals surface area contributed by atoms with Crippen LogP contribution in [0.2, 0.25) is 0 Å². The van der Waals surface area contributed by atoms with Crippen molar-refractivity contribution in [3.05, 3.63) is 90.6 Å². The molecule has 0 unspecified atom stereocenters. The van der Waals surface area contributed by atoms with Gasteiger partial charge in [0.1, 0.15) is 5.75 Å². The summed E-state index contributed by atoms with van der Waals surface area (Å²) < 4.78 is 136. The second kappa shape index (κ2) is 11.0. The first-order valence-corrected chi connectivity index (χ1v) is 14.1. The van der Waals surface area contributed by atoms with Crippen molar-refractivity contribution in [2.24, 2.45) is 0 Å². The minimum atomic E-state index is -5.06. The summed E-state index contributed by atoms with van der Waals surface area (Å²) in [5, 5.41) is 7.78. The van der Waals surface area contributed by atoms with Crippen molar-refractivity contribution in [1.82, 2.24) is 24.5 Å². The Hall–Kier alpha value is -4.80. The van der Waals surface area contributed by atoms with E-state index in [0.29, 0.717) is 21.9 Å². The standard InChI is InChI=1S/C27H17F8N5O3S/c1-44(41,42)19-4-2-3-16(11-19)17-7-10-20(39-14-23(26(30,31)32)37-25(39)24(28)29)21(12-17)40-22(13-36-38-40)15-5-8-18(9-6-15)43-27(33,34)35/h2-14,24H,1H3. The van der Waals surface area contributed by atoms with Gasteiger partial charge in [0.15, 0.2) is 21.4 Å². The van der Waals surface area contributed by atoms with Gasteiger partial charge in [-0.2, -0.15) is 13.2 Å². The molecule has 0 bridgehead atoms. The van der Waals surface area contributed by atoms with Crippen molar-refractivity contribution >= 4 is 9.84 Å². The molecule has 0 radical (unpaired) electrons. The first-order valence-electron chi connectivity index (χ1n) is 12.2.